The van der Waals surface area contributed by atoms with Gasteiger partial charge in [-0.25, -0.2) is 0 Å². The van der Waals surface area contributed by atoms with Crippen LogP contribution >= 0.6 is 0 Å². The number of nitrogens with zero attached hydrogens (tertiary/aromatic N) is 7. The van der Waals surface area contributed by atoms with Crippen LogP contribution in [-0.4, -0.2) is 83.1 Å². The second kappa shape index (κ2) is 38.8. The van der Waals surface area contributed by atoms with Crippen molar-refractivity contribution in [2.45, 2.75) is 51.4 Å². The summed E-state index contributed by atoms with van der Waals surface area (Å²) in [5.74, 6) is 1.58. The minimum atomic E-state index is -2.30. The van der Waals surface area contributed by atoms with Gasteiger partial charge in [0.25, 0.3) is 0 Å². The quantitative estimate of drug-likeness (QED) is 0.186. The van der Waals surface area contributed by atoms with E-state index in [9.17, 15) is 0 Å². The van der Waals surface area contributed by atoms with Gasteiger partial charge < -0.3 is 29.7 Å². The average molecular weight is 761 g/mol. The van der Waals surface area contributed by atoms with E-state index in [1.165, 1.54) is 51.4 Å². The Morgan fingerprint density at radius 3 is 1.13 bits per heavy atom. The van der Waals surface area contributed by atoms with E-state index in [1.54, 1.807) is 43.0 Å². The first kappa shape index (κ1) is 53.7. The van der Waals surface area contributed by atoms with E-state index < -0.39 is 15.3 Å². The Kier molecular flexibility index (Phi) is 39.4. The van der Waals surface area contributed by atoms with Gasteiger partial charge in [0.2, 0.25) is 0 Å². The van der Waals surface area contributed by atoms with Crippen molar-refractivity contribution in [1.29, 1.82) is 0 Å². The van der Waals surface area contributed by atoms with E-state index in [-0.39, 0.29) is 75.4 Å². The van der Waals surface area contributed by atoms with Crippen LogP contribution < -0.4 is 85.9 Å². The van der Waals surface area contributed by atoms with Gasteiger partial charge in [0.1, 0.15) is 0 Å². The third-order valence-electron chi connectivity index (χ3n) is 6.50. The van der Waals surface area contributed by atoms with Crippen LogP contribution in [0.1, 0.15) is 51.4 Å². The van der Waals surface area contributed by atoms with Crippen LogP contribution in [0.2, 0.25) is 0 Å². The molecule has 0 aromatic carbocycles. The molecule has 0 spiro atoms. The van der Waals surface area contributed by atoms with E-state index in [2.05, 4.69) is 32.3 Å². The Balaban J connectivity index is 0. The molecule has 4 aromatic heterocycles. The molecule has 8 heterocycles. The molecule has 4 fully saturated rings. The Morgan fingerprint density at radius 2 is 0.887 bits per heavy atom. The summed E-state index contributed by atoms with van der Waals surface area (Å²) in [5, 5.41) is 0. The molecule has 0 radical (unpaired) electrons. The first-order valence-corrected chi connectivity index (χ1v) is 19.4. The van der Waals surface area contributed by atoms with Crippen molar-refractivity contribution >= 4 is 32.8 Å². The first-order chi connectivity index (χ1) is 24.3. The Hall–Kier alpha value is -1.41. The van der Waals surface area contributed by atoms with Gasteiger partial charge in [-0.05, 0) is 51.4 Å². The molecule has 4 saturated heterocycles. The molecular formula is C36H49AsLi4N8O4. The minimum absolute atomic E-state index is 0. The standard InChI is InChI=1S/C15H12AsN6.C5H5N2.4C4H8O.4Li/c1-4-10-17-13(7-1)20-16(21-14-8-2-5-11-18-14)22-15-9-3-6-12-19-15;6-5-3-1-2-4-7-5;4*1-2-4-5-3-1;;;;/h1-12H;1-4H,(H-,6,7);4*1-4H2;;;;/q-3;-1;;;;;4*+1. The van der Waals surface area contributed by atoms with Gasteiger partial charge in [0, 0.05) is 52.9 Å². The third kappa shape index (κ3) is 30.5. The Labute approximate surface area is 369 Å². The summed E-state index contributed by atoms with van der Waals surface area (Å²) in [6, 6.07) is 21.9. The zero-order chi connectivity index (χ0) is 34.3. The number of nitrogens with one attached hydrogen (secondary N) is 1. The molecule has 0 atom stereocenters. The average Bonchev–Trinajstić information content (AvgIpc) is 4.01. The molecule has 12 nitrogen and oxygen atoms in total. The predicted molar refractivity (Wildman–Crippen MR) is 194 cm³/mol. The van der Waals surface area contributed by atoms with Crippen LogP contribution in [0, 0.1) is 0 Å². The number of hydrogen-bond acceptors (Lipinski definition) is 8. The van der Waals surface area contributed by atoms with Crippen LogP contribution in [0.15, 0.2) is 101 Å². The summed E-state index contributed by atoms with van der Waals surface area (Å²) < 4.78 is 33.5. The normalized spacial score (nSPS) is 14.9. The zero-order valence-electron chi connectivity index (χ0n) is 32.3. The van der Waals surface area contributed by atoms with E-state index in [0.29, 0.717) is 22.9 Å². The number of pyridine rings is 4. The summed E-state index contributed by atoms with van der Waals surface area (Å²) in [5.41, 5.74) is 7.51. The molecule has 0 bridgehead atoms. The Bertz CT molecular complexity index is 1250. The van der Waals surface area contributed by atoms with Gasteiger partial charge in [-0.15, -0.1) is 0 Å². The number of hydrogen-bond donors (Lipinski definition) is 0. The maximum absolute atomic E-state index is 6.88. The third-order valence-corrected chi connectivity index (χ3v) is 8.91. The van der Waals surface area contributed by atoms with Crippen molar-refractivity contribution in [2.75, 3.05) is 52.9 Å². The molecule has 0 saturated carbocycles. The van der Waals surface area contributed by atoms with Gasteiger partial charge in [-0.2, -0.15) is 0 Å². The number of rotatable bonds is 5. The number of aromatic nitrogens is 4. The Morgan fingerprint density at radius 1 is 0.509 bits per heavy atom. The molecule has 4 aliphatic heterocycles. The first-order valence-electron chi connectivity index (χ1n) is 16.9. The molecule has 0 aliphatic carbocycles. The molecule has 4 aliphatic rings. The SMILES string of the molecule is C1CCOC1.C1CCOC1.C1CCOC1.C1CCOC1.[Li+].[Li+].[Li+].[Li+].[NH-]c1ccccn1.c1ccc([N-][As](/N=c2/cccc[n-]2)[N-]c2ccccn2)nc1. The van der Waals surface area contributed by atoms with Gasteiger partial charge in [0.05, 0.1) is 0 Å². The summed E-state index contributed by atoms with van der Waals surface area (Å²) in [6.07, 6.45) is 16.9. The van der Waals surface area contributed by atoms with E-state index in [4.69, 9.17) is 24.7 Å². The summed E-state index contributed by atoms with van der Waals surface area (Å²) in [7, 11) is 0. The molecular weight excluding hydrogens is 711 g/mol. The van der Waals surface area contributed by atoms with E-state index in [0.717, 1.165) is 52.9 Å². The van der Waals surface area contributed by atoms with Crippen molar-refractivity contribution in [3.63, 3.8) is 0 Å². The van der Waals surface area contributed by atoms with Crippen molar-refractivity contribution < 1.29 is 94.4 Å². The molecule has 1 N–H and O–H groups in total. The van der Waals surface area contributed by atoms with Gasteiger partial charge in [0.15, 0.2) is 0 Å². The maximum atomic E-state index is 6.88. The van der Waals surface area contributed by atoms with Gasteiger partial charge in [-0.1, -0.05) is 30.2 Å². The van der Waals surface area contributed by atoms with Crippen LogP contribution in [0.4, 0.5) is 17.5 Å². The van der Waals surface area contributed by atoms with Crippen LogP contribution in [-0.2, 0) is 18.9 Å². The van der Waals surface area contributed by atoms with Crippen molar-refractivity contribution in [2.24, 2.45) is 3.91 Å². The molecule has 0 amide bonds. The molecule has 53 heavy (non-hydrogen) atoms. The second-order valence-electron chi connectivity index (χ2n) is 10.6. The van der Waals surface area contributed by atoms with Gasteiger partial charge >= 0.3 is 208 Å². The monoisotopic (exact) mass is 760 g/mol. The second-order valence-corrected chi connectivity index (χ2v) is 13.0. The molecule has 266 valence electrons. The molecule has 4 aromatic rings. The summed E-state index contributed by atoms with van der Waals surface area (Å²) in [4.78, 5) is 16.3. The fourth-order valence-corrected chi connectivity index (χ4v) is 6.16. The summed E-state index contributed by atoms with van der Waals surface area (Å²) >= 11 is -2.30. The zero-order valence-corrected chi connectivity index (χ0v) is 34.1. The predicted octanol–water partition coefficient (Wildman–Crippen LogP) is -4.30. The topological polar surface area (TPSA) is 154 Å². The van der Waals surface area contributed by atoms with Crippen molar-refractivity contribution in [3.8, 4) is 0 Å². The fourth-order valence-electron chi connectivity index (χ4n) is 3.98. The molecule has 8 rings (SSSR count). The number of ether oxygens (including phenoxy) is 4. The van der Waals surface area contributed by atoms with Crippen molar-refractivity contribution in [1.82, 2.24) is 19.9 Å². The molecule has 17 heteroatoms. The van der Waals surface area contributed by atoms with Crippen LogP contribution in [0.3, 0.4) is 0 Å². The van der Waals surface area contributed by atoms with Crippen molar-refractivity contribution in [3.05, 3.63) is 117 Å². The van der Waals surface area contributed by atoms with Crippen LogP contribution in [0.5, 0.6) is 0 Å². The van der Waals surface area contributed by atoms with Crippen LogP contribution in [0.25, 0.3) is 14.2 Å². The fraction of sp³-hybridized carbons (Fsp3) is 0.444. The summed E-state index contributed by atoms with van der Waals surface area (Å²) in [6.45, 7) is 8.00. The van der Waals surface area contributed by atoms with E-state index in [1.807, 2.05) is 54.6 Å². The van der Waals surface area contributed by atoms with Gasteiger partial charge in [-0.3, -0.25) is 0 Å². The van der Waals surface area contributed by atoms with E-state index >= 15 is 0 Å². The molecule has 0 unspecified atom stereocenters.